The quantitative estimate of drug-likeness (QED) is 0.726. The normalized spacial score (nSPS) is 11.9. The molecular weight excluding hydrogens is 240 g/mol. The summed E-state index contributed by atoms with van der Waals surface area (Å²) in [6, 6.07) is 6.70. The molecule has 0 saturated carbocycles. The molecule has 5 heteroatoms. The fourth-order valence-corrected chi connectivity index (χ4v) is 1.50. The number of carbonyl (C=O) groups is 1. The van der Waals surface area contributed by atoms with Crippen LogP contribution in [-0.2, 0) is 15.5 Å². The summed E-state index contributed by atoms with van der Waals surface area (Å²) in [4.78, 5) is 11.4. The highest BCUT2D eigenvalue weighted by atomic mass is 32.2. The third-order valence-corrected chi connectivity index (χ3v) is 2.75. The molecule has 0 heterocycles. The van der Waals surface area contributed by atoms with Crippen LogP contribution in [0.5, 0.6) is 5.75 Å². The van der Waals surface area contributed by atoms with Crippen molar-refractivity contribution < 1.29 is 18.5 Å². The van der Waals surface area contributed by atoms with Gasteiger partial charge in [0.25, 0.3) is 0 Å². The molecule has 0 aromatic heterocycles. The summed E-state index contributed by atoms with van der Waals surface area (Å²) in [5.74, 6) is 0.816. The lowest BCUT2D eigenvalue weighted by Crippen LogP contribution is -2.07. The van der Waals surface area contributed by atoms with Crippen molar-refractivity contribution in [1.29, 1.82) is 0 Å². The van der Waals surface area contributed by atoms with Crippen molar-refractivity contribution in [3.63, 3.8) is 0 Å². The molecule has 0 aliphatic heterocycles. The fourth-order valence-electron chi connectivity index (χ4n) is 1.18. The van der Waals surface area contributed by atoms with E-state index in [-0.39, 0.29) is 5.97 Å². The van der Waals surface area contributed by atoms with Crippen LogP contribution in [0, 0.1) is 0 Å². The summed E-state index contributed by atoms with van der Waals surface area (Å²) in [6.07, 6.45) is 1.63. The van der Waals surface area contributed by atoms with Crippen LogP contribution in [-0.4, -0.2) is 35.4 Å². The van der Waals surface area contributed by atoms with Gasteiger partial charge >= 0.3 is 5.97 Å². The first-order chi connectivity index (χ1) is 8.13. The molecule has 94 valence electrons. The molecule has 0 N–H and O–H groups in total. The van der Waals surface area contributed by atoms with Gasteiger partial charge in [0.15, 0.2) is 0 Å². The highest BCUT2D eigenvalue weighted by Gasteiger charge is 2.05. The Kier molecular flexibility index (Phi) is 5.69. The van der Waals surface area contributed by atoms with Crippen LogP contribution in [0.25, 0.3) is 0 Å². The highest BCUT2D eigenvalue weighted by molar-refractivity contribution is 7.84. The first-order valence-corrected chi connectivity index (χ1v) is 7.06. The molecule has 0 radical (unpaired) electrons. The minimum absolute atomic E-state index is 0.339. The number of ether oxygens (including phenoxy) is 2. The minimum Gasteiger partial charge on any atom is -0.493 e. The molecule has 1 rings (SSSR count). The Labute approximate surface area is 103 Å². The maximum absolute atomic E-state index is 11.4. The molecule has 0 saturated heterocycles. The van der Waals surface area contributed by atoms with Gasteiger partial charge in [-0.05, 0) is 31.2 Å². The summed E-state index contributed by atoms with van der Waals surface area (Å²) >= 11 is 0. The van der Waals surface area contributed by atoms with E-state index in [9.17, 15) is 9.00 Å². The highest BCUT2D eigenvalue weighted by Crippen LogP contribution is 2.12. The standard InChI is InChI=1S/C12H16O4S/c1-3-15-12(13)10-4-6-11(7-5-10)16-8-9-17(2)14/h4-7H,3,8-9H2,1-2H3. The molecule has 17 heavy (non-hydrogen) atoms. The smallest absolute Gasteiger partial charge is 0.338 e. The first kappa shape index (κ1) is 13.7. The van der Waals surface area contributed by atoms with Crippen molar-refractivity contribution in [3.05, 3.63) is 29.8 Å². The topological polar surface area (TPSA) is 52.6 Å². The summed E-state index contributed by atoms with van der Waals surface area (Å²) in [6.45, 7) is 2.53. The largest absolute Gasteiger partial charge is 0.493 e. The van der Waals surface area contributed by atoms with Gasteiger partial charge in [0, 0.05) is 17.1 Å². The van der Waals surface area contributed by atoms with E-state index in [2.05, 4.69) is 0 Å². The van der Waals surface area contributed by atoms with Gasteiger partial charge < -0.3 is 9.47 Å². The molecule has 1 aromatic rings. The Bertz CT molecular complexity index is 386. The molecule has 1 unspecified atom stereocenters. The van der Waals surface area contributed by atoms with E-state index in [4.69, 9.17) is 9.47 Å². The van der Waals surface area contributed by atoms with E-state index >= 15 is 0 Å². The molecule has 1 atom stereocenters. The van der Waals surface area contributed by atoms with Gasteiger partial charge in [-0.3, -0.25) is 4.21 Å². The number of hydrogen-bond donors (Lipinski definition) is 0. The van der Waals surface area contributed by atoms with Gasteiger partial charge in [-0.2, -0.15) is 0 Å². The average molecular weight is 256 g/mol. The van der Waals surface area contributed by atoms with Crippen LogP contribution in [0.3, 0.4) is 0 Å². The molecule has 0 fully saturated rings. The second-order valence-corrected chi connectivity index (χ2v) is 4.93. The summed E-state index contributed by atoms with van der Waals surface area (Å²) < 4.78 is 21.0. The molecule has 0 aliphatic rings. The van der Waals surface area contributed by atoms with Crippen molar-refractivity contribution >= 4 is 16.8 Å². The maximum atomic E-state index is 11.4. The van der Waals surface area contributed by atoms with E-state index in [0.29, 0.717) is 30.3 Å². The van der Waals surface area contributed by atoms with Crippen LogP contribution < -0.4 is 4.74 Å². The monoisotopic (exact) mass is 256 g/mol. The Morgan fingerprint density at radius 1 is 1.29 bits per heavy atom. The molecule has 0 bridgehead atoms. The lowest BCUT2D eigenvalue weighted by Gasteiger charge is -2.06. The lowest BCUT2D eigenvalue weighted by molar-refractivity contribution is 0.0526. The van der Waals surface area contributed by atoms with Crippen molar-refractivity contribution in [1.82, 2.24) is 0 Å². The van der Waals surface area contributed by atoms with Crippen LogP contribution in [0.15, 0.2) is 24.3 Å². The molecule has 0 spiro atoms. The van der Waals surface area contributed by atoms with E-state index in [0.717, 1.165) is 0 Å². The second-order valence-electron chi connectivity index (χ2n) is 3.37. The third kappa shape index (κ3) is 4.99. The van der Waals surface area contributed by atoms with Gasteiger partial charge in [-0.25, -0.2) is 4.79 Å². The van der Waals surface area contributed by atoms with E-state index in [1.165, 1.54) is 0 Å². The SMILES string of the molecule is CCOC(=O)c1ccc(OCCS(C)=O)cc1. The van der Waals surface area contributed by atoms with Gasteiger partial charge in [-0.15, -0.1) is 0 Å². The lowest BCUT2D eigenvalue weighted by atomic mass is 10.2. The predicted octanol–water partition coefficient (Wildman–Crippen LogP) is 1.62. The Morgan fingerprint density at radius 3 is 2.47 bits per heavy atom. The van der Waals surface area contributed by atoms with Gasteiger partial charge in [-0.1, -0.05) is 0 Å². The van der Waals surface area contributed by atoms with Gasteiger partial charge in [0.05, 0.1) is 24.5 Å². The van der Waals surface area contributed by atoms with Crippen LogP contribution in [0.4, 0.5) is 0 Å². The minimum atomic E-state index is -0.853. The Morgan fingerprint density at radius 2 is 1.94 bits per heavy atom. The van der Waals surface area contributed by atoms with Crippen LogP contribution in [0.2, 0.25) is 0 Å². The van der Waals surface area contributed by atoms with Gasteiger partial charge in [0.1, 0.15) is 5.75 Å². The zero-order chi connectivity index (χ0) is 12.7. The fraction of sp³-hybridized carbons (Fsp3) is 0.417. The van der Waals surface area contributed by atoms with E-state index < -0.39 is 10.8 Å². The number of carbonyl (C=O) groups excluding carboxylic acids is 1. The summed E-state index contributed by atoms with van der Waals surface area (Å²) in [5.41, 5.74) is 0.498. The number of rotatable bonds is 6. The van der Waals surface area contributed by atoms with Crippen molar-refractivity contribution in [2.45, 2.75) is 6.92 Å². The number of esters is 1. The molecule has 1 aromatic carbocycles. The second kappa shape index (κ2) is 7.06. The Balaban J connectivity index is 2.50. The molecular formula is C12H16O4S. The zero-order valence-electron chi connectivity index (χ0n) is 9.97. The molecule has 4 nitrogen and oxygen atoms in total. The molecule has 0 aliphatic carbocycles. The Hall–Kier alpha value is -1.36. The van der Waals surface area contributed by atoms with Crippen LogP contribution in [0.1, 0.15) is 17.3 Å². The van der Waals surface area contributed by atoms with Gasteiger partial charge in [0.2, 0.25) is 0 Å². The number of hydrogen-bond acceptors (Lipinski definition) is 4. The van der Waals surface area contributed by atoms with Crippen molar-refractivity contribution in [2.24, 2.45) is 0 Å². The first-order valence-electron chi connectivity index (χ1n) is 5.33. The maximum Gasteiger partial charge on any atom is 0.338 e. The molecule has 0 amide bonds. The predicted molar refractivity (Wildman–Crippen MR) is 66.8 cm³/mol. The summed E-state index contributed by atoms with van der Waals surface area (Å²) in [7, 11) is -0.853. The van der Waals surface area contributed by atoms with Crippen LogP contribution >= 0.6 is 0 Å². The summed E-state index contributed by atoms with van der Waals surface area (Å²) in [5, 5.41) is 0. The zero-order valence-corrected chi connectivity index (χ0v) is 10.8. The average Bonchev–Trinajstić information content (AvgIpc) is 2.30. The van der Waals surface area contributed by atoms with Crippen molar-refractivity contribution in [3.8, 4) is 5.75 Å². The van der Waals surface area contributed by atoms with Crippen molar-refractivity contribution in [2.75, 3.05) is 25.2 Å². The number of benzene rings is 1. The third-order valence-electron chi connectivity index (χ3n) is 2.00. The van der Waals surface area contributed by atoms with E-state index in [1.54, 1.807) is 37.4 Å². The van der Waals surface area contributed by atoms with E-state index in [1.807, 2.05) is 0 Å².